The number of nitrogens with one attached hydrogen (secondary N) is 1. The number of benzene rings is 1. The average Bonchev–Trinajstić information content (AvgIpc) is 2.98. The predicted molar refractivity (Wildman–Crippen MR) is 99.1 cm³/mol. The summed E-state index contributed by atoms with van der Waals surface area (Å²) in [6.07, 6.45) is 4.23. The van der Waals surface area contributed by atoms with Crippen LogP contribution in [0.5, 0.6) is 0 Å². The van der Waals surface area contributed by atoms with E-state index in [2.05, 4.69) is 12.2 Å². The van der Waals surface area contributed by atoms with E-state index in [1.807, 2.05) is 48.1 Å². The summed E-state index contributed by atoms with van der Waals surface area (Å²) in [5.74, 6) is -0.319. The molecule has 136 valence electrons. The first-order chi connectivity index (χ1) is 12.4. The van der Waals surface area contributed by atoms with Gasteiger partial charge in [0.05, 0.1) is 5.92 Å². The van der Waals surface area contributed by atoms with Crippen molar-refractivity contribution in [3.63, 3.8) is 0 Å². The number of nitriles is 1. The fourth-order valence-electron chi connectivity index (χ4n) is 3.88. The molecule has 6 heteroatoms. The highest BCUT2D eigenvalue weighted by Crippen LogP contribution is 2.30. The lowest BCUT2D eigenvalue weighted by atomic mass is 9.78. The maximum absolute atomic E-state index is 12.9. The number of amides is 2. The van der Waals surface area contributed by atoms with Gasteiger partial charge in [0.25, 0.3) is 5.91 Å². The van der Waals surface area contributed by atoms with E-state index in [-0.39, 0.29) is 23.8 Å². The number of nitrogens with zero attached hydrogens (tertiary/aromatic N) is 3. The third-order valence-electron chi connectivity index (χ3n) is 5.41. The van der Waals surface area contributed by atoms with Crippen LogP contribution in [-0.2, 0) is 11.8 Å². The summed E-state index contributed by atoms with van der Waals surface area (Å²) in [4.78, 5) is 26.5. The van der Waals surface area contributed by atoms with Crippen LogP contribution in [0.15, 0.2) is 30.3 Å². The van der Waals surface area contributed by atoms with Crippen LogP contribution in [0.3, 0.4) is 0 Å². The van der Waals surface area contributed by atoms with Crippen molar-refractivity contribution in [3.05, 3.63) is 36.0 Å². The molecule has 0 saturated heterocycles. The van der Waals surface area contributed by atoms with Crippen LogP contribution in [0.2, 0.25) is 0 Å². The van der Waals surface area contributed by atoms with Gasteiger partial charge in [0.2, 0.25) is 5.91 Å². The Kier molecular flexibility index (Phi) is 4.99. The Morgan fingerprint density at radius 2 is 2.04 bits per heavy atom. The Labute approximate surface area is 153 Å². The summed E-state index contributed by atoms with van der Waals surface area (Å²) in [6, 6.07) is 9.45. The SMILES string of the molecule is CC1CC[C@@H](C(=O)N(C)C#N)[C@@H](NC(=O)c2cc3ccccc3n2C)C1. The lowest BCUT2D eigenvalue weighted by Gasteiger charge is -2.35. The van der Waals surface area contributed by atoms with E-state index in [4.69, 9.17) is 5.26 Å². The van der Waals surface area contributed by atoms with Gasteiger partial charge in [0.15, 0.2) is 6.19 Å². The molecule has 3 atom stereocenters. The Balaban J connectivity index is 1.84. The second kappa shape index (κ2) is 7.20. The van der Waals surface area contributed by atoms with Crippen molar-refractivity contribution in [1.82, 2.24) is 14.8 Å². The number of para-hydroxylation sites is 1. The van der Waals surface area contributed by atoms with Crippen LogP contribution < -0.4 is 5.32 Å². The first-order valence-electron chi connectivity index (χ1n) is 8.95. The zero-order valence-corrected chi connectivity index (χ0v) is 15.4. The number of carbonyl (C=O) groups excluding carboxylic acids is 2. The minimum Gasteiger partial charge on any atom is -0.347 e. The fraction of sp³-hybridized carbons (Fsp3) is 0.450. The van der Waals surface area contributed by atoms with E-state index in [0.29, 0.717) is 18.0 Å². The predicted octanol–water partition coefficient (Wildman–Crippen LogP) is 2.65. The first kappa shape index (κ1) is 18.0. The standard InChI is InChI=1S/C20H24N4O2/c1-13-8-9-15(20(26)23(2)12-21)16(10-13)22-19(25)18-11-14-6-4-5-7-17(14)24(18)3/h4-7,11,13,15-16H,8-10H2,1-3H3,(H,22,25)/t13?,15-,16+/m1/s1. The summed E-state index contributed by atoms with van der Waals surface area (Å²) in [6.45, 7) is 2.13. The maximum atomic E-state index is 12.9. The molecule has 0 aliphatic heterocycles. The molecule has 1 unspecified atom stereocenters. The van der Waals surface area contributed by atoms with Gasteiger partial charge in [-0.05, 0) is 37.3 Å². The van der Waals surface area contributed by atoms with E-state index < -0.39 is 0 Å². The summed E-state index contributed by atoms with van der Waals surface area (Å²) >= 11 is 0. The Morgan fingerprint density at radius 1 is 1.31 bits per heavy atom. The van der Waals surface area contributed by atoms with Crippen molar-refractivity contribution >= 4 is 22.7 Å². The van der Waals surface area contributed by atoms with Crippen LogP contribution in [0.4, 0.5) is 0 Å². The van der Waals surface area contributed by atoms with Gasteiger partial charge in [0, 0.05) is 31.0 Å². The largest absolute Gasteiger partial charge is 0.347 e. The van der Waals surface area contributed by atoms with E-state index >= 15 is 0 Å². The minimum absolute atomic E-state index is 0.180. The van der Waals surface area contributed by atoms with Gasteiger partial charge in [-0.15, -0.1) is 0 Å². The number of hydrogen-bond acceptors (Lipinski definition) is 3. The summed E-state index contributed by atoms with van der Waals surface area (Å²) in [5.41, 5.74) is 1.57. The molecule has 1 N–H and O–H groups in total. The molecular formula is C20H24N4O2. The molecule has 1 aromatic carbocycles. The fourth-order valence-corrected chi connectivity index (χ4v) is 3.88. The van der Waals surface area contributed by atoms with Crippen LogP contribution in [0.25, 0.3) is 10.9 Å². The quantitative estimate of drug-likeness (QED) is 0.681. The van der Waals surface area contributed by atoms with Gasteiger partial charge >= 0.3 is 0 Å². The van der Waals surface area contributed by atoms with Gasteiger partial charge in [-0.2, -0.15) is 5.26 Å². The van der Waals surface area contributed by atoms with Gasteiger partial charge in [-0.25, -0.2) is 0 Å². The van der Waals surface area contributed by atoms with Gasteiger partial charge < -0.3 is 9.88 Å². The zero-order chi connectivity index (χ0) is 18.8. The van der Waals surface area contributed by atoms with Crippen molar-refractivity contribution < 1.29 is 9.59 Å². The van der Waals surface area contributed by atoms with Crippen molar-refractivity contribution in [2.45, 2.75) is 32.2 Å². The van der Waals surface area contributed by atoms with Crippen LogP contribution in [0, 0.1) is 23.3 Å². The molecule has 1 aliphatic carbocycles. The molecule has 1 aromatic heterocycles. The van der Waals surface area contributed by atoms with E-state index in [1.165, 1.54) is 7.05 Å². The zero-order valence-electron chi connectivity index (χ0n) is 15.4. The normalized spacial score (nSPS) is 22.6. The summed E-state index contributed by atoms with van der Waals surface area (Å²) in [7, 11) is 3.34. The Bertz CT molecular complexity index is 880. The van der Waals surface area contributed by atoms with Crippen molar-refractivity contribution in [3.8, 4) is 6.19 Å². The number of aryl methyl sites for hydroxylation is 1. The van der Waals surface area contributed by atoms with Gasteiger partial charge in [-0.3, -0.25) is 14.5 Å². The van der Waals surface area contributed by atoms with E-state index in [9.17, 15) is 9.59 Å². The lowest BCUT2D eigenvalue weighted by Crippen LogP contribution is -2.49. The van der Waals surface area contributed by atoms with E-state index in [1.54, 1.807) is 0 Å². The molecule has 2 aromatic rings. The molecule has 0 radical (unpaired) electrons. The molecule has 1 fully saturated rings. The number of hydrogen-bond donors (Lipinski definition) is 1. The Morgan fingerprint density at radius 3 is 2.73 bits per heavy atom. The monoisotopic (exact) mass is 352 g/mol. The highest BCUT2D eigenvalue weighted by atomic mass is 16.2. The van der Waals surface area contributed by atoms with Crippen molar-refractivity contribution in [2.24, 2.45) is 18.9 Å². The summed E-state index contributed by atoms with van der Waals surface area (Å²) in [5, 5.41) is 13.1. The topological polar surface area (TPSA) is 78.1 Å². The second-order valence-corrected chi connectivity index (χ2v) is 7.25. The highest BCUT2D eigenvalue weighted by Gasteiger charge is 2.36. The molecule has 3 rings (SSSR count). The number of carbonyl (C=O) groups is 2. The molecule has 1 heterocycles. The average molecular weight is 352 g/mol. The molecule has 0 spiro atoms. The molecule has 26 heavy (non-hydrogen) atoms. The molecule has 0 bridgehead atoms. The maximum Gasteiger partial charge on any atom is 0.268 e. The van der Waals surface area contributed by atoms with Crippen molar-refractivity contribution in [2.75, 3.05) is 7.05 Å². The minimum atomic E-state index is -0.352. The molecule has 1 aliphatic rings. The molecular weight excluding hydrogens is 328 g/mol. The third-order valence-corrected chi connectivity index (χ3v) is 5.41. The third kappa shape index (κ3) is 3.30. The Hall–Kier alpha value is -2.81. The lowest BCUT2D eigenvalue weighted by molar-refractivity contribution is -0.133. The van der Waals surface area contributed by atoms with Gasteiger partial charge in [0.1, 0.15) is 5.69 Å². The van der Waals surface area contributed by atoms with Crippen molar-refractivity contribution in [1.29, 1.82) is 5.26 Å². The second-order valence-electron chi connectivity index (χ2n) is 7.25. The van der Waals surface area contributed by atoms with Crippen LogP contribution in [-0.4, -0.2) is 34.4 Å². The summed E-state index contributed by atoms with van der Waals surface area (Å²) < 4.78 is 1.87. The number of rotatable bonds is 3. The van der Waals surface area contributed by atoms with Gasteiger partial charge in [-0.1, -0.05) is 25.1 Å². The number of fused-ring (bicyclic) bond motifs is 1. The van der Waals surface area contributed by atoms with E-state index in [0.717, 1.165) is 28.6 Å². The first-order valence-corrected chi connectivity index (χ1v) is 8.95. The number of aromatic nitrogens is 1. The molecule has 1 saturated carbocycles. The molecule has 2 amide bonds. The highest BCUT2D eigenvalue weighted by molar-refractivity contribution is 5.99. The smallest absolute Gasteiger partial charge is 0.268 e. The molecule has 6 nitrogen and oxygen atoms in total. The van der Waals surface area contributed by atoms with Crippen LogP contribution in [0.1, 0.15) is 36.7 Å². The van der Waals surface area contributed by atoms with Crippen LogP contribution >= 0.6 is 0 Å².